The molecule has 5 heterocycles. The zero-order valence-electron chi connectivity index (χ0n) is 17.8. The molecule has 1 unspecified atom stereocenters. The van der Waals surface area contributed by atoms with E-state index in [1.807, 2.05) is 12.1 Å². The van der Waals surface area contributed by atoms with Gasteiger partial charge in [-0.15, -0.1) is 0 Å². The Morgan fingerprint density at radius 3 is 2.68 bits per heavy atom. The number of aromatic nitrogens is 3. The summed E-state index contributed by atoms with van der Waals surface area (Å²) in [6, 6.07) is 4.65. The molecule has 166 valence electrons. The third-order valence-corrected chi connectivity index (χ3v) is 6.91. The van der Waals surface area contributed by atoms with Crippen molar-refractivity contribution in [3.05, 3.63) is 24.2 Å². The first-order chi connectivity index (χ1) is 15.2. The maximum atomic E-state index is 11.4. The Labute approximate surface area is 181 Å². The lowest BCUT2D eigenvalue weighted by Gasteiger charge is -2.33. The Bertz CT molecular complexity index is 904. The van der Waals surface area contributed by atoms with E-state index in [1.54, 1.807) is 6.20 Å². The Morgan fingerprint density at radius 1 is 1.10 bits per heavy atom. The normalized spacial score (nSPS) is 24.0. The summed E-state index contributed by atoms with van der Waals surface area (Å²) in [5.74, 6) is 1.94. The van der Waals surface area contributed by atoms with Crippen LogP contribution in [0.2, 0.25) is 0 Å². The van der Waals surface area contributed by atoms with Crippen molar-refractivity contribution in [3.63, 3.8) is 0 Å². The maximum Gasteiger partial charge on any atom is 0.244 e. The number of piperidine rings is 1. The van der Waals surface area contributed by atoms with E-state index in [9.17, 15) is 4.79 Å². The summed E-state index contributed by atoms with van der Waals surface area (Å²) in [5.41, 5.74) is 6.35. The predicted molar refractivity (Wildman–Crippen MR) is 114 cm³/mol. The number of likely N-dealkylation sites (tertiary alicyclic amines) is 1. The van der Waals surface area contributed by atoms with E-state index in [2.05, 4.69) is 19.9 Å². The van der Waals surface area contributed by atoms with Crippen LogP contribution < -0.4 is 10.6 Å². The zero-order valence-corrected chi connectivity index (χ0v) is 17.8. The maximum absolute atomic E-state index is 11.4. The van der Waals surface area contributed by atoms with Crippen LogP contribution in [-0.4, -0.2) is 64.8 Å². The van der Waals surface area contributed by atoms with Crippen molar-refractivity contribution in [2.45, 2.75) is 50.6 Å². The number of amides is 1. The highest BCUT2D eigenvalue weighted by Gasteiger charge is 2.36. The van der Waals surface area contributed by atoms with Gasteiger partial charge in [0.15, 0.2) is 0 Å². The van der Waals surface area contributed by atoms with Crippen LogP contribution in [0.25, 0.3) is 11.4 Å². The highest BCUT2D eigenvalue weighted by Crippen LogP contribution is 2.36. The SMILES string of the molecule is NC(=O)C1CCN(c2cc(-c3noc(C4CCCN4C4CCOCC4)n3)ccn2)CC1. The third kappa shape index (κ3) is 4.29. The lowest BCUT2D eigenvalue weighted by molar-refractivity contribution is -0.122. The van der Waals surface area contributed by atoms with E-state index in [-0.39, 0.29) is 17.9 Å². The Kier molecular flexibility index (Phi) is 5.87. The number of hydrogen-bond acceptors (Lipinski definition) is 8. The van der Waals surface area contributed by atoms with E-state index in [0.29, 0.717) is 17.8 Å². The Balaban J connectivity index is 1.30. The van der Waals surface area contributed by atoms with E-state index < -0.39 is 0 Å². The molecule has 3 saturated heterocycles. The molecule has 2 aromatic rings. The molecule has 9 heteroatoms. The van der Waals surface area contributed by atoms with Crippen LogP contribution in [0.3, 0.4) is 0 Å². The van der Waals surface area contributed by atoms with Gasteiger partial charge in [-0.1, -0.05) is 5.16 Å². The van der Waals surface area contributed by atoms with E-state index in [4.69, 9.17) is 20.0 Å². The molecule has 0 aliphatic carbocycles. The molecule has 0 spiro atoms. The van der Waals surface area contributed by atoms with E-state index >= 15 is 0 Å². The fourth-order valence-electron chi connectivity index (χ4n) is 5.12. The molecule has 1 amide bonds. The number of ether oxygens (including phenoxy) is 1. The van der Waals surface area contributed by atoms with Crippen LogP contribution in [0.5, 0.6) is 0 Å². The molecule has 3 fully saturated rings. The molecular weight excluding hydrogens is 396 g/mol. The lowest BCUT2D eigenvalue weighted by Crippen LogP contribution is -2.39. The monoisotopic (exact) mass is 426 g/mol. The van der Waals surface area contributed by atoms with Gasteiger partial charge in [0.1, 0.15) is 5.82 Å². The highest BCUT2D eigenvalue weighted by atomic mass is 16.5. The molecule has 2 N–H and O–H groups in total. The number of primary amides is 1. The average molecular weight is 427 g/mol. The standard InChI is InChI=1S/C22H30N6O3/c23-20(29)15-4-10-27(11-5-15)19-14-16(3-8-24-19)21-25-22(31-26-21)18-2-1-9-28(18)17-6-12-30-13-7-17/h3,8,14-15,17-18H,1-2,4-7,9-13H2,(H2,23,29). The lowest BCUT2D eigenvalue weighted by atomic mass is 9.96. The molecule has 5 rings (SSSR count). The van der Waals surface area contributed by atoms with Crippen molar-refractivity contribution in [1.29, 1.82) is 0 Å². The summed E-state index contributed by atoms with van der Waals surface area (Å²) in [4.78, 5) is 25.4. The van der Waals surface area contributed by atoms with Gasteiger partial charge in [0.25, 0.3) is 0 Å². The fraction of sp³-hybridized carbons (Fsp3) is 0.636. The Hall–Kier alpha value is -2.52. The second-order valence-corrected chi connectivity index (χ2v) is 8.76. The number of hydrogen-bond donors (Lipinski definition) is 1. The first-order valence-corrected chi connectivity index (χ1v) is 11.4. The van der Waals surface area contributed by atoms with Gasteiger partial charge in [0.05, 0.1) is 6.04 Å². The number of carbonyl (C=O) groups is 1. The molecule has 31 heavy (non-hydrogen) atoms. The smallest absolute Gasteiger partial charge is 0.244 e. The summed E-state index contributed by atoms with van der Waals surface area (Å²) in [7, 11) is 0. The second-order valence-electron chi connectivity index (χ2n) is 8.76. The van der Waals surface area contributed by atoms with Gasteiger partial charge in [0, 0.05) is 50.0 Å². The summed E-state index contributed by atoms with van der Waals surface area (Å²) >= 11 is 0. The van der Waals surface area contributed by atoms with Crippen molar-refractivity contribution in [1.82, 2.24) is 20.0 Å². The molecule has 0 saturated carbocycles. The average Bonchev–Trinajstić information content (AvgIpc) is 3.50. The molecule has 3 aliphatic heterocycles. The second kappa shape index (κ2) is 8.92. The van der Waals surface area contributed by atoms with Gasteiger partial charge < -0.3 is 19.9 Å². The van der Waals surface area contributed by atoms with Crippen LogP contribution in [0.1, 0.15) is 50.5 Å². The fourth-order valence-corrected chi connectivity index (χ4v) is 5.12. The van der Waals surface area contributed by atoms with Crippen molar-refractivity contribution >= 4 is 11.7 Å². The molecule has 0 bridgehead atoms. The molecule has 0 radical (unpaired) electrons. The van der Waals surface area contributed by atoms with Crippen molar-refractivity contribution < 1.29 is 14.1 Å². The summed E-state index contributed by atoms with van der Waals surface area (Å²) in [6.45, 7) is 4.28. The minimum Gasteiger partial charge on any atom is -0.381 e. The van der Waals surface area contributed by atoms with E-state index in [0.717, 1.165) is 82.8 Å². The number of anilines is 1. The molecule has 0 aromatic carbocycles. The number of carbonyl (C=O) groups excluding carboxylic acids is 1. The topological polar surface area (TPSA) is 111 Å². The first kappa shape index (κ1) is 20.4. The summed E-state index contributed by atoms with van der Waals surface area (Å²) in [5, 5.41) is 4.29. The largest absolute Gasteiger partial charge is 0.381 e. The molecule has 2 aromatic heterocycles. The summed E-state index contributed by atoms with van der Waals surface area (Å²) in [6.07, 6.45) is 7.64. The number of pyridine rings is 1. The number of nitrogens with zero attached hydrogens (tertiary/aromatic N) is 5. The van der Waals surface area contributed by atoms with Crippen LogP contribution in [0, 0.1) is 5.92 Å². The molecule has 9 nitrogen and oxygen atoms in total. The van der Waals surface area contributed by atoms with Gasteiger partial charge in [-0.25, -0.2) is 4.98 Å². The quantitative estimate of drug-likeness (QED) is 0.774. The van der Waals surface area contributed by atoms with Gasteiger partial charge in [-0.3, -0.25) is 9.69 Å². The predicted octanol–water partition coefficient (Wildman–Crippen LogP) is 2.15. The zero-order chi connectivity index (χ0) is 21.2. The summed E-state index contributed by atoms with van der Waals surface area (Å²) < 4.78 is 11.3. The van der Waals surface area contributed by atoms with Crippen LogP contribution >= 0.6 is 0 Å². The first-order valence-electron chi connectivity index (χ1n) is 11.4. The van der Waals surface area contributed by atoms with Crippen LogP contribution in [0.15, 0.2) is 22.9 Å². The molecule has 3 aliphatic rings. The van der Waals surface area contributed by atoms with Crippen molar-refractivity contribution in [2.24, 2.45) is 11.7 Å². The van der Waals surface area contributed by atoms with Gasteiger partial charge >= 0.3 is 0 Å². The third-order valence-electron chi connectivity index (χ3n) is 6.91. The Morgan fingerprint density at radius 2 is 1.90 bits per heavy atom. The van der Waals surface area contributed by atoms with Crippen LogP contribution in [0.4, 0.5) is 5.82 Å². The van der Waals surface area contributed by atoms with Gasteiger partial charge in [-0.2, -0.15) is 4.98 Å². The minimum absolute atomic E-state index is 0.0377. The number of nitrogens with two attached hydrogens (primary N) is 1. The van der Waals surface area contributed by atoms with Gasteiger partial charge in [0.2, 0.25) is 17.6 Å². The van der Waals surface area contributed by atoms with Crippen molar-refractivity contribution in [2.75, 3.05) is 37.7 Å². The van der Waals surface area contributed by atoms with Crippen molar-refractivity contribution in [3.8, 4) is 11.4 Å². The molecular formula is C22H30N6O3. The van der Waals surface area contributed by atoms with E-state index in [1.165, 1.54) is 0 Å². The van der Waals surface area contributed by atoms with Crippen LogP contribution in [-0.2, 0) is 9.53 Å². The number of rotatable bonds is 5. The van der Waals surface area contributed by atoms with Gasteiger partial charge in [-0.05, 0) is 57.2 Å². The minimum atomic E-state index is -0.206. The highest BCUT2D eigenvalue weighted by molar-refractivity contribution is 5.77. The molecule has 1 atom stereocenters.